The highest BCUT2D eigenvalue weighted by molar-refractivity contribution is 8.00. The number of aliphatic hydroxyl groups excluding tert-OH is 1. The second kappa shape index (κ2) is 8.18. The van der Waals surface area contributed by atoms with E-state index in [9.17, 15) is 23.1 Å². The Morgan fingerprint density at radius 1 is 1.30 bits per heavy atom. The van der Waals surface area contributed by atoms with Crippen molar-refractivity contribution in [3.05, 3.63) is 48.3 Å². The monoisotopic (exact) mass is 397 g/mol. The summed E-state index contributed by atoms with van der Waals surface area (Å²) in [6.07, 6.45) is 3.99. The third-order valence-corrected chi connectivity index (χ3v) is 4.98. The van der Waals surface area contributed by atoms with Gasteiger partial charge in [0.05, 0.1) is 17.4 Å². The molecule has 1 fully saturated rings. The molecule has 27 heavy (non-hydrogen) atoms. The molecule has 2 aromatic rings. The van der Waals surface area contributed by atoms with Crippen LogP contribution in [0.3, 0.4) is 0 Å². The van der Waals surface area contributed by atoms with Crippen LogP contribution in [0.2, 0.25) is 0 Å². The average Bonchev–Trinajstić information content (AvgIpc) is 3.11. The second-order valence-electron chi connectivity index (χ2n) is 6.24. The molecule has 1 aromatic heterocycles. The molecule has 0 spiro atoms. The van der Waals surface area contributed by atoms with Gasteiger partial charge in [-0.05, 0) is 48.5 Å². The molecule has 144 valence electrons. The van der Waals surface area contributed by atoms with Gasteiger partial charge in [0.25, 0.3) is 5.91 Å². The number of hydrogen-bond acceptors (Lipinski definition) is 5. The van der Waals surface area contributed by atoms with E-state index in [-0.39, 0.29) is 29.2 Å². The first-order valence-corrected chi connectivity index (χ1v) is 9.14. The first-order valence-electron chi connectivity index (χ1n) is 8.32. The minimum atomic E-state index is -4.35. The van der Waals surface area contributed by atoms with Crippen LogP contribution in [0.4, 0.5) is 24.5 Å². The van der Waals surface area contributed by atoms with E-state index in [4.69, 9.17) is 0 Å². The SMILES string of the molecule is O=C(Nc1ccc(SC(F)(F)F)cc1)c1cncc(N2CCC(CO)C2)c1. The van der Waals surface area contributed by atoms with E-state index < -0.39 is 11.4 Å². The van der Waals surface area contributed by atoms with Gasteiger partial charge in [-0.15, -0.1) is 0 Å². The molecule has 2 heterocycles. The number of aliphatic hydroxyl groups is 1. The van der Waals surface area contributed by atoms with E-state index in [2.05, 4.69) is 15.2 Å². The van der Waals surface area contributed by atoms with Crippen molar-refractivity contribution in [1.82, 2.24) is 4.98 Å². The van der Waals surface area contributed by atoms with Crippen LogP contribution in [0.1, 0.15) is 16.8 Å². The van der Waals surface area contributed by atoms with Crippen LogP contribution in [-0.4, -0.2) is 41.2 Å². The van der Waals surface area contributed by atoms with Crippen LogP contribution >= 0.6 is 11.8 Å². The number of thioether (sulfide) groups is 1. The average molecular weight is 397 g/mol. The number of halogens is 3. The lowest BCUT2D eigenvalue weighted by Crippen LogP contribution is -2.21. The molecule has 3 rings (SSSR count). The standard InChI is InChI=1S/C18H18F3N3O2S/c19-18(20,21)27-16-3-1-14(2-4-16)23-17(26)13-7-15(9-22-8-13)24-6-5-12(10-24)11-25/h1-4,7-9,12,25H,5-6,10-11H2,(H,23,26). The number of hydrogen-bond donors (Lipinski definition) is 2. The van der Waals surface area contributed by atoms with E-state index >= 15 is 0 Å². The minimum absolute atomic E-state index is 0.0524. The summed E-state index contributed by atoms with van der Waals surface area (Å²) < 4.78 is 37.1. The Labute approximate surface area is 158 Å². The zero-order valence-corrected chi connectivity index (χ0v) is 15.1. The molecule has 1 aromatic carbocycles. The van der Waals surface area contributed by atoms with Crippen LogP contribution in [0, 0.1) is 5.92 Å². The van der Waals surface area contributed by atoms with Crippen molar-refractivity contribution in [3.63, 3.8) is 0 Å². The maximum Gasteiger partial charge on any atom is 0.446 e. The Balaban J connectivity index is 1.65. The van der Waals surface area contributed by atoms with Gasteiger partial charge in [0.15, 0.2) is 0 Å². The Morgan fingerprint density at radius 2 is 2.04 bits per heavy atom. The summed E-state index contributed by atoms with van der Waals surface area (Å²) in [5, 5.41) is 11.9. The molecule has 1 saturated heterocycles. The molecule has 9 heteroatoms. The normalized spacial score (nSPS) is 17.2. The van der Waals surface area contributed by atoms with Gasteiger partial charge in [-0.2, -0.15) is 13.2 Å². The fourth-order valence-corrected chi connectivity index (χ4v) is 3.42. The van der Waals surface area contributed by atoms with Crippen LogP contribution in [-0.2, 0) is 0 Å². The first-order chi connectivity index (χ1) is 12.8. The predicted octanol–water partition coefficient (Wildman–Crippen LogP) is 3.76. The maximum absolute atomic E-state index is 12.4. The van der Waals surface area contributed by atoms with Crippen molar-refractivity contribution in [1.29, 1.82) is 0 Å². The summed E-state index contributed by atoms with van der Waals surface area (Å²) in [5.74, 6) is -0.172. The van der Waals surface area contributed by atoms with Crippen LogP contribution in [0.25, 0.3) is 0 Å². The van der Waals surface area contributed by atoms with Crippen molar-refractivity contribution in [2.24, 2.45) is 5.92 Å². The number of rotatable bonds is 5. The number of nitrogens with one attached hydrogen (secondary N) is 1. The highest BCUT2D eigenvalue weighted by Gasteiger charge is 2.29. The van der Waals surface area contributed by atoms with Crippen molar-refractivity contribution in [2.45, 2.75) is 16.8 Å². The summed E-state index contributed by atoms with van der Waals surface area (Å²) in [7, 11) is 0. The van der Waals surface area contributed by atoms with Gasteiger partial charge in [0.2, 0.25) is 0 Å². The molecule has 2 N–H and O–H groups in total. The third-order valence-electron chi connectivity index (χ3n) is 4.24. The van der Waals surface area contributed by atoms with Crippen LogP contribution in [0.5, 0.6) is 0 Å². The summed E-state index contributed by atoms with van der Waals surface area (Å²) in [6.45, 7) is 1.63. The zero-order chi connectivity index (χ0) is 19.4. The summed E-state index contributed by atoms with van der Waals surface area (Å²) in [6, 6.07) is 7.19. The molecule has 0 aliphatic carbocycles. The predicted molar refractivity (Wildman–Crippen MR) is 98.0 cm³/mol. The number of benzene rings is 1. The number of anilines is 2. The van der Waals surface area contributed by atoms with Gasteiger partial charge >= 0.3 is 5.51 Å². The smallest absolute Gasteiger partial charge is 0.396 e. The lowest BCUT2D eigenvalue weighted by atomic mass is 10.1. The Hall–Kier alpha value is -2.26. The Morgan fingerprint density at radius 3 is 2.67 bits per heavy atom. The largest absolute Gasteiger partial charge is 0.446 e. The van der Waals surface area contributed by atoms with Crippen LogP contribution < -0.4 is 10.2 Å². The molecule has 1 aliphatic rings. The molecule has 0 bridgehead atoms. The summed E-state index contributed by atoms with van der Waals surface area (Å²) in [5.41, 5.74) is -2.79. The van der Waals surface area contributed by atoms with E-state index in [1.54, 1.807) is 12.3 Å². The highest BCUT2D eigenvalue weighted by atomic mass is 32.2. The number of pyridine rings is 1. The third kappa shape index (κ3) is 5.36. The molecule has 1 aliphatic heterocycles. The van der Waals surface area contributed by atoms with Crippen molar-refractivity contribution in [3.8, 4) is 0 Å². The number of aromatic nitrogens is 1. The molecule has 1 amide bonds. The molecular formula is C18H18F3N3O2S. The number of amides is 1. The fraction of sp³-hybridized carbons (Fsp3) is 0.333. The van der Waals surface area contributed by atoms with E-state index in [1.165, 1.54) is 30.5 Å². The summed E-state index contributed by atoms with van der Waals surface area (Å²) >= 11 is -0.203. The number of carbonyl (C=O) groups is 1. The molecule has 5 nitrogen and oxygen atoms in total. The fourth-order valence-electron chi connectivity index (χ4n) is 2.88. The first kappa shape index (κ1) is 19.5. The maximum atomic E-state index is 12.4. The van der Waals surface area contributed by atoms with Gasteiger partial charge in [-0.25, -0.2) is 0 Å². The molecule has 1 atom stereocenters. The number of nitrogens with zero attached hydrogens (tertiary/aromatic N) is 2. The number of alkyl halides is 3. The quantitative estimate of drug-likeness (QED) is 0.752. The lowest BCUT2D eigenvalue weighted by Gasteiger charge is -2.18. The van der Waals surface area contributed by atoms with Gasteiger partial charge in [-0.1, -0.05) is 0 Å². The van der Waals surface area contributed by atoms with Crippen molar-refractivity contribution >= 4 is 29.0 Å². The van der Waals surface area contributed by atoms with E-state index in [0.717, 1.165) is 18.7 Å². The summed E-state index contributed by atoms with van der Waals surface area (Å²) in [4.78, 5) is 18.6. The van der Waals surface area contributed by atoms with E-state index in [0.29, 0.717) is 17.8 Å². The van der Waals surface area contributed by atoms with Gasteiger partial charge in [0, 0.05) is 42.4 Å². The second-order valence-corrected chi connectivity index (χ2v) is 7.38. The molecule has 1 unspecified atom stereocenters. The Kier molecular flexibility index (Phi) is 5.91. The molecular weight excluding hydrogens is 379 g/mol. The zero-order valence-electron chi connectivity index (χ0n) is 14.2. The van der Waals surface area contributed by atoms with Gasteiger partial charge in [-0.3, -0.25) is 9.78 Å². The van der Waals surface area contributed by atoms with Gasteiger partial charge in [0.1, 0.15) is 0 Å². The topological polar surface area (TPSA) is 65.5 Å². The molecule has 0 radical (unpaired) electrons. The molecule has 0 saturated carbocycles. The Bertz CT molecular complexity index is 799. The van der Waals surface area contributed by atoms with Gasteiger partial charge < -0.3 is 15.3 Å². The minimum Gasteiger partial charge on any atom is -0.396 e. The highest BCUT2D eigenvalue weighted by Crippen LogP contribution is 2.37. The van der Waals surface area contributed by atoms with Crippen LogP contribution in [0.15, 0.2) is 47.6 Å². The van der Waals surface area contributed by atoms with Crippen molar-refractivity contribution in [2.75, 3.05) is 29.9 Å². The van der Waals surface area contributed by atoms with E-state index in [1.807, 2.05) is 0 Å². The number of carbonyl (C=O) groups excluding carboxylic acids is 1. The van der Waals surface area contributed by atoms with Crippen molar-refractivity contribution < 1.29 is 23.1 Å². The lowest BCUT2D eigenvalue weighted by molar-refractivity contribution is -0.0328.